The Morgan fingerprint density at radius 2 is 2.00 bits per heavy atom. The quantitative estimate of drug-likeness (QED) is 0.707. The van der Waals surface area contributed by atoms with Crippen LogP contribution in [0.15, 0.2) is 35.1 Å². The standard InChI is InChI=1S/C20H25N3OS/c1-5-13(2)11-16-14(3)25-20-18(16)19(24)21-17(22-20)12-23(4)15-9-7-6-8-10-15/h6-10,13H,5,11-12H2,1-4H3,(H,21,22,24)/t13-/m1/s1. The van der Waals surface area contributed by atoms with Gasteiger partial charge in [-0.15, -0.1) is 11.3 Å². The number of anilines is 1. The smallest absolute Gasteiger partial charge is 0.259 e. The summed E-state index contributed by atoms with van der Waals surface area (Å²) in [6.45, 7) is 7.09. The third-order valence-corrected chi connectivity index (χ3v) is 5.79. The molecule has 0 spiro atoms. The summed E-state index contributed by atoms with van der Waals surface area (Å²) >= 11 is 1.63. The topological polar surface area (TPSA) is 49.0 Å². The summed E-state index contributed by atoms with van der Waals surface area (Å²) in [4.78, 5) is 24.6. The predicted octanol–water partition coefficient (Wildman–Crippen LogP) is 4.52. The van der Waals surface area contributed by atoms with E-state index in [1.54, 1.807) is 11.3 Å². The fraction of sp³-hybridized carbons (Fsp3) is 0.400. The van der Waals surface area contributed by atoms with E-state index in [0.717, 1.165) is 28.7 Å². The molecule has 0 saturated heterocycles. The van der Waals surface area contributed by atoms with Gasteiger partial charge >= 0.3 is 0 Å². The molecular formula is C20H25N3OS. The molecule has 0 amide bonds. The molecule has 0 fully saturated rings. The van der Waals surface area contributed by atoms with E-state index < -0.39 is 0 Å². The number of hydrogen-bond acceptors (Lipinski definition) is 4. The number of aryl methyl sites for hydroxylation is 1. The SMILES string of the molecule is CC[C@@H](C)Cc1c(C)sc2nc(CN(C)c3ccccc3)[nH]c(=O)c12. The van der Waals surface area contributed by atoms with Gasteiger partial charge in [0.25, 0.3) is 5.56 Å². The van der Waals surface area contributed by atoms with Gasteiger partial charge in [0.2, 0.25) is 0 Å². The summed E-state index contributed by atoms with van der Waals surface area (Å²) in [5.74, 6) is 1.28. The van der Waals surface area contributed by atoms with Gasteiger partial charge in [-0.05, 0) is 37.0 Å². The zero-order chi connectivity index (χ0) is 18.0. The highest BCUT2D eigenvalue weighted by atomic mass is 32.1. The molecule has 0 saturated carbocycles. The largest absolute Gasteiger partial charge is 0.367 e. The molecule has 132 valence electrons. The van der Waals surface area contributed by atoms with Crippen LogP contribution in [0.25, 0.3) is 10.2 Å². The molecule has 0 bridgehead atoms. The van der Waals surface area contributed by atoms with Crippen molar-refractivity contribution in [3.63, 3.8) is 0 Å². The number of aromatic amines is 1. The zero-order valence-corrected chi connectivity index (χ0v) is 16.1. The van der Waals surface area contributed by atoms with Crippen LogP contribution in [-0.4, -0.2) is 17.0 Å². The monoisotopic (exact) mass is 355 g/mol. The first-order valence-electron chi connectivity index (χ1n) is 8.77. The maximum atomic E-state index is 12.7. The predicted molar refractivity (Wildman–Crippen MR) is 107 cm³/mol. The van der Waals surface area contributed by atoms with E-state index in [0.29, 0.717) is 18.3 Å². The molecule has 1 N–H and O–H groups in total. The van der Waals surface area contributed by atoms with Crippen LogP contribution in [0.1, 0.15) is 36.5 Å². The van der Waals surface area contributed by atoms with Crippen molar-refractivity contribution in [3.05, 3.63) is 57.0 Å². The van der Waals surface area contributed by atoms with Crippen LogP contribution >= 0.6 is 11.3 Å². The Morgan fingerprint density at radius 3 is 2.68 bits per heavy atom. The fourth-order valence-electron chi connectivity index (χ4n) is 3.03. The van der Waals surface area contributed by atoms with Gasteiger partial charge in [-0.3, -0.25) is 4.79 Å². The number of nitrogens with one attached hydrogen (secondary N) is 1. The van der Waals surface area contributed by atoms with Gasteiger partial charge in [0.15, 0.2) is 0 Å². The van der Waals surface area contributed by atoms with Gasteiger partial charge in [-0.25, -0.2) is 4.98 Å². The van der Waals surface area contributed by atoms with Gasteiger partial charge in [0.05, 0.1) is 11.9 Å². The second-order valence-corrected chi connectivity index (χ2v) is 7.94. The molecule has 1 atom stereocenters. The van der Waals surface area contributed by atoms with Crippen molar-refractivity contribution in [2.75, 3.05) is 11.9 Å². The van der Waals surface area contributed by atoms with Gasteiger partial charge < -0.3 is 9.88 Å². The van der Waals surface area contributed by atoms with Crippen LogP contribution in [0.4, 0.5) is 5.69 Å². The fourth-order valence-corrected chi connectivity index (χ4v) is 4.10. The first-order chi connectivity index (χ1) is 12.0. The number of nitrogens with zero attached hydrogens (tertiary/aromatic N) is 2. The normalized spacial score (nSPS) is 12.5. The zero-order valence-electron chi connectivity index (χ0n) is 15.3. The minimum atomic E-state index is -0.0101. The van der Waals surface area contributed by atoms with Gasteiger partial charge in [0.1, 0.15) is 10.7 Å². The molecule has 0 radical (unpaired) electrons. The molecule has 0 unspecified atom stereocenters. The van der Waals surface area contributed by atoms with E-state index in [-0.39, 0.29) is 5.56 Å². The molecule has 3 aromatic rings. The molecule has 0 aliphatic carbocycles. The van der Waals surface area contributed by atoms with E-state index in [4.69, 9.17) is 4.98 Å². The van der Waals surface area contributed by atoms with Crippen LogP contribution in [0.3, 0.4) is 0 Å². The lowest BCUT2D eigenvalue weighted by atomic mass is 9.98. The number of hydrogen-bond donors (Lipinski definition) is 1. The van der Waals surface area contributed by atoms with Crippen molar-refractivity contribution in [3.8, 4) is 0 Å². The summed E-state index contributed by atoms with van der Waals surface area (Å²) in [5.41, 5.74) is 2.26. The van der Waals surface area contributed by atoms with E-state index in [1.807, 2.05) is 25.2 Å². The Morgan fingerprint density at radius 1 is 1.28 bits per heavy atom. The summed E-state index contributed by atoms with van der Waals surface area (Å²) in [6, 6.07) is 10.1. The second-order valence-electron chi connectivity index (χ2n) is 6.74. The third-order valence-electron chi connectivity index (χ3n) is 4.75. The lowest BCUT2D eigenvalue weighted by Crippen LogP contribution is -2.21. The molecule has 2 heterocycles. The average Bonchev–Trinajstić information content (AvgIpc) is 2.91. The van der Waals surface area contributed by atoms with Crippen LogP contribution in [0, 0.1) is 12.8 Å². The van der Waals surface area contributed by atoms with Gasteiger partial charge in [0, 0.05) is 17.6 Å². The Balaban J connectivity index is 1.94. The molecule has 25 heavy (non-hydrogen) atoms. The van der Waals surface area contributed by atoms with E-state index in [2.05, 4.69) is 42.8 Å². The molecule has 1 aromatic carbocycles. The Hall–Kier alpha value is -2.14. The number of para-hydroxylation sites is 1. The molecular weight excluding hydrogens is 330 g/mol. The number of benzene rings is 1. The summed E-state index contributed by atoms with van der Waals surface area (Å²) in [6.07, 6.45) is 2.05. The van der Waals surface area contributed by atoms with Crippen molar-refractivity contribution in [2.45, 2.75) is 40.2 Å². The summed E-state index contributed by atoms with van der Waals surface area (Å²) < 4.78 is 0. The highest BCUT2D eigenvalue weighted by molar-refractivity contribution is 7.18. The maximum Gasteiger partial charge on any atom is 0.259 e. The first-order valence-corrected chi connectivity index (χ1v) is 9.58. The Kier molecular flexibility index (Phi) is 5.23. The third kappa shape index (κ3) is 3.76. The van der Waals surface area contributed by atoms with E-state index in [1.165, 1.54) is 10.4 Å². The molecule has 2 aromatic heterocycles. The van der Waals surface area contributed by atoms with Crippen molar-refractivity contribution in [2.24, 2.45) is 5.92 Å². The highest BCUT2D eigenvalue weighted by Crippen LogP contribution is 2.29. The average molecular weight is 356 g/mol. The summed E-state index contributed by atoms with van der Waals surface area (Å²) in [7, 11) is 2.01. The van der Waals surface area contributed by atoms with Crippen molar-refractivity contribution >= 4 is 27.2 Å². The highest BCUT2D eigenvalue weighted by Gasteiger charge is 2.17. The van der Waals surface area contributed by atoms with Crippen LogP contribution in [-0.2, 0) is 13.0 Å². The maximum absolute atomic E-state index is 12.7. The van der Waals surface area contributed by atoms with Crippen LogP contribution in [0.2, 0.25) is 0 Å². The first kappa shape index (κ1) is 17.7. The second kappa shape index (κ2) is 7.40. The Bertz CT molecular complexity index is 914. The number of H-pyrrole nitrogens is 1. The van der Waals surface area contributed by atoms with E-state index in [9.17, 15) is 4.79 Å². The molecule has 0 aliphatic rings. The number of aromatic nitrogens is 2. The minimum absolute atomic E-state index is 0.0101. The van der Waals surface area contributed by atoms with Crippen LogP contribution in [0.5, 0.6) is 0 Å². The molecule has 5 heteroatoms. The lowest BCUT2D eigenvalue weighted by Gasteiger charge is -2.18. The van der Waals surface area contributed by atoms with Crippen LogP contribution < -0.4 is 10.5 Å². The lowest BCUT2D eigenvalue weighted by molar-refractivity contribution is 0.561. The summed E-state index contributed by atoms with van der Waals surface area (Å²) in [5, 5.41) is 0.786. The number of rotatable bonds is 6. The van der Waals surface area contributed by atoms with Gasteiger partial charge in [-0.1, -0.05) is 38.5 Å². The van der Waals surface area contributed by atoms with Crippen molar-refractivity contribution < 1.29 is 0 Å². The minimum Gasteiger partial charge on any atom is -0.367 e. The van der Waals surface area contributed by atoms with Crippen molar-refractivity contribution in [1.29, 1.82) is 0 Å². The molecule has 4 nitrogen and oxygen atoms in total. The van der Waals surface area contributed by atoms with E-state index >= 15 is 0 Å². The molecule has 3 rings (SSSR count). The Labute approximate surface area is 152 Å². The number of fused-ring (bicyclic) bond motifs is 1. The molecule has 0 aliphatic heterocycles. The van der Waals surface area contributed by atoms with Gasteiger partial charge in [-0.2, -0.15) is 0 Å². The van der Waals surface area contributed by atoms with Crippen molar-refractivity contribution in [1.82, 2.24) is 9.97 Å². The number of thiophene rings is 1.